The van der Waals surface area contributed by atoms with Crippen molar-refractivity contribution in [3.05, 3.63) is 0 Å². The number of unbranched alkanes of at least 4 members (excludes halogenated alkanes) is 15. The summed E-state index contributed by atoms with van der Waals surface area (Å²) in [5.41, 5.74) is 0. The minimum absolute atomic E-state index is 0.112. The van der Waals surface area contributed by atoms with Crippen LogP contribution in [0, 0.1) is 0 Å². The molecule has 0 aliphatic rings. The molecule has 0 aromatic carbocycles. The SMILES string of the molecule is CCCCCCCCS(=O)(=O)c1[c]([Sn]([CH2]CCC)[CH2]CCC)s[c]([Sn]([CH2]CCC)([CH2]CCC)[CH2]CCC)c1S(=O)(=O)CCCCCCCC. The molecule has 9 heteroatoms. The van der Waals surface area contributed by atoms with Crippen LogP contribution in [-0.4, -0.2) is 66.5 Å². The van der Waals surface area contributed by atoms with Gasteiger partial charge in [0.05, 0.1) is 0 Å². The van der Waals surface area contributed by atoms with Crippen molar-refractivity contribution in [2.75, 3.05) is 11.5 Å². The third kappa shape index (κ3) is 17.0. The third-order valence-electron chi connectivity index (χ3n) is 10.5. The van der Waals surface area contributed by atoms with Gasteiger partial charge in [0.1, 0.15) is 0 Å². The molecule has 0 N–H and O–H groups in total. The monoisotopic (exact) mass is 959 g/mol. The van der Waals surface area contributed by atoms with Crippen LogP contribution >= 0.6 is 11.3 Å². The second kappa shape index (κ2) is 27.7. The summed E-state index contributed by atoms with van der Waals surface area (Å²) in [5.74, 6) is 0.225. The second-order valence-corrected chi connectivity index (χ2v) is 42.9. The van der Waals surface area contributed by atoms with E-state index in [9.17, 15) is 16.8 Å². The fraction of sp³-hybridized carbons (Fsp3) is 0.900. The maximum atomic E-state index is 15.0. The Bertz CT molecular complexity index is 1160. The summed E-state index contributed by atoms with van der Waals surface area (Å²) in [6, 6.07) is 0. The van der Waals surface area contributed by atoms with E-state index >= 15 is 0 Å². The molecule has 49 heavy (non-hydrogen) atoms. The summed E-state index contributed by atoms with van der Waals surface area (Å²) in [6.07, 6.45) is 23.6. The van der Waals surface area contributed by atoms with Crippen LogP contribution in [0.25, 0.3) is 0 Å². The Kier molecular flexibility index (Phi) is 27.3. The van der Waals surface area contributed by atoms with Crippen molar-refractivity contribution in [2.45, 2.75) is 222 Å². The molecule has 289 valence electrons. The molecule has 0 aliphatic carbocycles. The molecule has 1 aromatic rings. The number of hydrogen-bond acceptors (Lipinski definition) is 5. The Morgan fingerprint density at radius 2 is 0.796 bits per heavy atom. The topological polar surface area (TPSA) is 68.3 Å². The fourth-order valence-electron chi connectivity index (χ4n) is 7.29. The number of hydrogen-bond donors (Lipinski definition) is 0. The van der Waals surface area contributed by atoms with Gasteiger partial charge in [0.25, 0.3) is 0 Å². The van der Waals surface area contributed by atoms with E-state index < -0.39 is 57.8 Å². The molecule has 1 aromatic heterocycles. The Labute approximate surface area is 322 Å². The average Bonchev–Trinajstić information content (AvgIpc) is 3.51. The summed E-state index contributed by atoms with van der Waals surface area (Å²) < 4.78 is 67.9. The van der Waals surface area contributed by atoms with Crippen LogP contribution in [0.5, 0.6) is 0 Å². The van der Waals surface area contributed by atoms with Crippen LogP contribution in [0.4, 0.5) is 0 Å². The zero-order chi connectivity index (χ0) is 36.6. The molecular weight excluding hydrogens is 878 g/mol. The van der Waals surface area contributed by atoms with Gasteiger partial charge in [-0.05, 0) is 0 Å². The van der Waals surface area contributed by atoms with Crippen molar-refractivity contribution in [2.24, 2.45) is 0 Å². The minimum atomic E-state index is -3.74. The first kappa shape index (κ1) is 48.2. The molecule has 0 fully saturated rings. The molecule has 1 rings (SSSR count). The molecule has 1 heterocycles. The van der Waals surface area contributed by atoms with E-state index in [2.05, 4.69) is 48.5 Å². The summed E-state index contributed by atoms with van der Waals surface area (Å²) in [7, 11) is -7.46. The van der Waals surface area contributed by atoms with Gasteiger partial charge in [0, 0.05) is 0 Å². The zero-order valence-electron chi connectivity index (χ0n) is 33.4. The summed E-state index contributed by atoms with van der Waals surface area (Å²) >= 11 is -3.96. The molecule has 0 aliphatic heterocycles. The van der Waals surface area contributed by atoms with Gasteiger partial charge in [0.2, 0.25) is 0 Å². The van der Waals surface area contributed by atoms with Gasteiger partial charge in [-0.3, -0.25) is 0 Å². The maximum absolute atomic E-state index is 15.0. The molecule has 0 atom stereocenters. The molecule has 0 amide bonds. The summed E-state index contributed by atoms with van der Waals surface area (Å²) in [5, 5.41) is 0. The van der Waals surface area contributed by atoms with Gasteiger partial charge in [-0.2, -0.15) is 0 Å². The second-order valence-electron chi connectivity index (χ2n) is 15.0. The first-order chi connectivity index (χ1) is 23.5. The average molecular weight is 958 g/mol. The Hall–Kier alpha value is 1.20. The molecule has 0 bridgehead atoms. The van der Waals surface area contributed by atoms with E-state index in [0.29, 0.717) is 22.6 Å². The van der Waals surface area contributed by atoms with Gasteiger partial charge >= 0.3 is 325 Å². The first-order valence-electron chi connectivity index (χ1n) is 21.0. The fourth-order valence-corrected chi connectivity index (χ4v) is 51.8. The third-order valence-corrected chi connectivity index (χ3v) is 45.7. The van der Waals surface area contributed by atoms with E-state index in [1.54, 1.807) is 0 Å². The van der Waals surface area contributed by atoms with Crippen LogP contribution in [0.1, 0.15) is 190 Å². The summed E-state index contributed by atoms with van der Waals surface area (Å²) in [6.45, 7) is 15.7. The Morgan fingerprint density at radius 1 is 0.449 bits per heavy atom. The normalized spacial score (nSPS) is 12.8. The predicted molar refractivity (Wildman–Crippen MR) is 225 cm³/mol. The van der Waals surface area contributed by atoms with Crippen LogP contribution in [0.15, 0.2) is 9.79 Å². The van der Waals surface area contributed by atoms with E-state index in [1.165, 1.54) is 41.9 Å². The molecular formula is C40H79O4S3Sn2. The van der Waals surface area contributed by atoms with E-state index in [0.717, 1.165) is 114 Å². The van der Waals surface area contributed by atoms with Gasteiger partial charge in [0.15, 0.2) is 0 Å². The molecule has 0 unspecified atom stereocenters. The van der Waals surface area contributed by atoms with Crippen molar-refractivity contribution >= 4 is 74.9 Å². The van der Waals surface area contributed by atoms with Crippen LogP contribution in [0.3, 0.4) is 0 Å². The van der Waals surface area contributed by atoms with Crippen molar-refractivity contribution in [3.63, 3.8) is 0 Å². The van der Waals surface area contributed by atoms with Gasteiger partial charge in [-0.1, -0.05) is 0 Å². The number of sulfone groups is 2. The van der Waals surface area contributed by atoms with Crippen LogP contribution < -0.4 is 5.79 Å². The predicted octanol–water partition coefficient (Wildman–Crippen LogP) is 12.4. The molecule has 4 nitrogen and oxygen atoms in total. The van der Waals surface area contributed by atoms with Crippen molar-refractivity contribution < 1.29 is 16.8 Å². The Balaban J connectivity index is 4.13. The molecule has 1 radical (unpaired) electrons. The zero-order valence-corrected chi connectivity index (χ0v) is 41.5. The number of thiophene rings is 1. The quantitative estimate of drug-likeness (QED) is 0.0520. The van der Waals surface area contributed by atoms with Crippen LogP contribution in [-0.2, 0) is 19.7 Å². The number of rotatable bonds is 33. The van der Waals surface area contributed by atoms with Crippen molar-refractivity contribution in [1.82, 2.24) is 0 Å². The molecule has 0 saturated carbocycles. The van der Waals surface area contributed by atoms with Gasteiger partial charge in [-0.15, -0.1) is 0 Å². The van der Waals surface area contributed by atoms with Crippen molar-refractivity contribution in [3.8, 4) is 0 Å². The van der Waals surface area contributed by atoms with Gasteiger partial charge in [-0.25, -0.2) is 0 Å². The van der Waals surface area contributed by atoms with E-state index in [4.69, 9.17) is 0 Å². The van der Waals surface area contributed by atoms with E-state index in [-0.39, 0.29) is 11.5 Å². The van der Waals surface area contributed by atoms with Gasteiger partial charge < -0.3 is 0 Å². The van der Waals surface area contributed by atoms with E-state index in [1.807, 2.05) is 11.3 Å². The molecule has 0 saturated heterocycles. The Morgan fingerprint density at radius 3 is 1.18 bits per heavy atom. The molecule has 0 spiro atoms. The van der Waals surface area contributed by atoms with Crippen LogP contribution in [0.2, 0.25) is 22.2 Å². The first-order valence-corrected chi connectivity index (χ1v) is 38.1. The summed E-state index contributed by atoms with van der Waals surface area (Å²) in [4.78, 5) is 0.816. The standard InChI is InChI=1S/C20H34O4S3.5C4H9.2Sn/c1-3-5-7-9-11-13-15-26(21,22)19-17-25-18-20(19)27(23,24)16-14-12-10-8-6-4-2;5*1-3-4-2;;/h3-16H2,1-2H3;5*1,3-4H2,2H3;;. The van der Waals surface area contributed by atoms with Crippen molar-refractivity contribution in [1.29, 1.82) is 0 Å².